The smallest absolute Gasteiger partial charge is 0.337 e. The van der Waals surface area contributed by atoms with Gasteiger partial charge in [-0.3, -0.25) is 4.79 Å². The molecule has 2 heterocycles. The molecule has 25 heavy (non-hydrogen) atoms. The molecule has 0 radical (unpaired) electrons. The van der Waals surface area contributed by atoms with Crippen LogP contribution in [0.3, 0.4) is 0 Å². The first-order valence-electron chi connectivity index (χ1n) is 8.36. The van der Waals surface area contributed by atoms with Crippen LogP contribution in [0.1, 0.15) is 59.3 Å². The summed E-state index contributed by atoms with van der Waals surface area (Å²) in [5.41, 5.74) is 2.09. The number of aromatic carboxylic acids is 1. The number of carboxylic acid groups (broad SMARTS) is 1. The molecule has 0 amide bonds. The van der Waals surface area contributed by atoms with Crippen molar-refractivity contribution in [3.8, 4) is 0 Å². The lowest BCUT2D eigenvalue weighted by atomic mass is 9.88. The van der Waals surface area contributed by atoms with Gasteiger partial charge in [-0.05, 0) is 48.9 Å². The first kappa shape index (κ1) is 18.0. The number of aromatic nitrogens is 1. The zero-order valence-electron chi connectivity index (χ0n) is 13.9. The van der Waals surface area contributed by atoms with Crippen molar-refractivity contribution in [1.29, 1.82) is 0 Å². The summed E-state index contributed by atoms with van der Waals surface area (Å²) in [5.74, 6) is -0.869. The summed E-state index contributed by atoms with van der Waals surface area (Å²) in [4.78, 5) is 24.7. The van der Waals surface area contributed by atoms with Gasteiger partial charge in [0.1, 0.15) is 0 Å². The van der Waals surface area contributed by atoms with Crippen LogP contribution in [0.25, 0.3) is 0 Å². The maximum Gasteiger partial charge on any atom is 0.337 e. The fraction of sp³-hybridized carbons (Fsp3) is 0.368. The van der Waals surface area contributed by atoms with E-state index >= 15 is 0 Å². The van der Waals surface area contributed by atoms with Crippen LogP contribution in [0.5, 0.6) is 0 Å². The Morgan fingerprint density at radius 2 is 2.04 bits per heavy atom. The van der Waals surface area contributed by atoms with Gasteiger partial charge in [0.05, 0.1) is 15.6 Å². The third-order valence-corrected chi connectivity index (χ3v) is 5.57. The maximum atomic E-state index is 12.9. The molecule has 1 aliphatic rings. The molecule has 0 bridgehead atoms. The average molecular weight is 380 g/mol. The van der Waals surface area contributed by atoms with Gasteiger partial charge in [0, 0.05) is 24.2 Å². The number of hydrogen-bond acceptors (Lipinski definition) is 2. The van der Waals surface area contributed by atoms with Gasteiger partial charge in [0.25, 0.3) is 5.56 Å². The molecule has 1 unspecified atom stereocenters. The minimum atomic E-state index is -0.987. The number of pyridine rings is 1. The molecule has 132 valence electrons. The average Bonchev–Trinajstić information content (AvgIpc) is 2.59. The molecule has 2 aromatic rings. The Balaban J connectivity index is 2.12. The third kappa shape index (κ3) is 3.46. The number of rotatable bonds is 4. The van der Waals surface area contributed by atoms with Gasteiger partial charge in [-0.1, -0.05) is 36.2 Å². The zero-order valence-corrected chi connectivity index (χ0v) is 15.4. The summed E-state index contributed by atoms with van der Waals surface area (Å²) >= 11 is 12.0. The highest BCUT2D eigenvalue weighted by molar-refractivity contribution is 6.42. The minimum absolute atomic E-state index is 0.107. The Morgan fingerprint density at radius 3 is 2.68 bits per heavy atom. The first-order chi connectivity index (χ1) is 11.9. The molecule has 1 N–H and O–H groups in total. The summed E-state index contributed by atoms with van der Waals surface area (Å²) < 4.78 is 1.66. The van der Waals surface area contributed by atoms with Crippen LogP contribution in [0.2, 0.25) is 10.0 Å². The zero-order chi connectivity index (χ0) is 18.1. The van der Waals surface area contributed by atoms with E-state index in [0.29, 0.717) is 34.3 Å². The van der Waals surface area contributed by atoms with Gasteiger partial charge in [0.2, 0.25) is 0 Å². The monoisotopic (exact) mass is 379 g/mol. The van der Waals surface area contributed by atoms with E-state index in [-0.39, 0.29) is 17.0 Å². The topological polar surface area (TPSA) is 59.3 Å². The van der Waals surface area contributed by atoms with Crippen LogP contribution >= 0.6 is 23.2 Å². The Bertz CT molecular complexity index is 889. The van der Waals surface area contributed by atoms with E-state index in [0.717, 1.165) is 24.8 Å². The van der Waals surface area contributed by atoms with E-state index in [1.165, 1.54) is 6.07 Å². The molecule has 1 aliphatic heterocycles. The summed E-state index contributed by atoms with van der Waals surface area (Å²) in [6.45, 7) is 2.60. The molecule has 6 heteroatoms. The number of nitrogens with zero attached hydrogens (tertiary/aromatic N) is 1. The molecule has 1 atom stereocenters. The van der Waals surface area contributed by atoms with Crippen molar-refractivity contribution in [3.05, 3.63) is 67.0 Å². The quantitative estimate of drug-likeness (QED) is 0.834. The van der Waals surface area contributed by atoms with Crippen LogP contribution in [-0.4, -0.2) is 15.6 Å². The predicted octanol–water partition coefficient (Wildman–Crippen LogP) is 4.73. The van der Waals surface area contributed by atoms with Crippen molar-refractivity contribution in [2.45, 2.75) is 45.1 Å². The Labute approximate surface area is 156 Å². The lowest BCUT2D eigenvalue weighted by Gasteiger charge is -2.28. The van der Waals surface area contributed by atoms with E-state index in [4.69, 9.17) is 23.2 Å². The second-order valence-corrected chi connectivity index (χ2v) is 7.22. The van der Waals surface area contributed by atoms with Crippen molar-refractivity contribution in [2.24, 2.45) is 0 Å². The Kier molecular flexibility index (Phi) is 5.21. The fourth-order valence-corrected chi connectivity index (χ4v) is 3.92. The number of carbonyl (C=O) groups is 1. The molecule has 4 nitrogen and oxygen atoms in total. The minimum Gasteiger partial charge on any atom is -0.478 e. The summed E-state index contributed by atoms with van der Waals surface area (Å²) in [6.07, 6.45) is 2.96. The van der Waals surface area contributed by atoms with Gasteiger partial charge in [0.15, 0.2) is 0 Å². The van der Waals surface area contributed by atoms with Gasteiger partial charge in [-0.15, -0.1) is 0 Å². The van der Waals surface area contributed by atoms with Crippen LogP contribution in [0.15, 0.2) is 29.1 Å². The molecule has 0 saturated carbocycles. The van der Waals surface area contributed by atoms with Crippen LogP contribution in [0.4, 0.5) is 0 Å². The molecule has 0 spiro atoms. The van der Waals surface area contributed by atoms with E-state index in [1.807, 2.05) is 6.92 Å². The van der Waals surface area contributed by atoms with E-state index in [1.54, 1.807) is 22.8 Å². The maximum absolute atomic E-state index is 12.9. The van der Waals surface area contributed by atoms with E-state index < -0.39 is 5.97 Å². The standard InChI is InChI=1S/C19H19Cl2NO3/c1-2-12-4-3-7-22-17(12)14(19(24)25)10-13(18(22)23)8-11-5-6-15(20)16(21)9-11/h5-6,9-10,12H,2-4,7-8H2,1H3,(H,24,25). The van der Waals surface area contributed by atoms with Gasteiger partial charge >= 0.3 is 5.97 Å². The SMILES string of the molecule is CCC1CCCn2c1c(C(=O)O)cc(Cc1ccc(Cl)c(Cl)c1)c2=O. The van der Waals surface area contributed by atoms with E-state index in [9.17, 15) is 14.7 Å². The summed E-state index contributed by atoms with van der Waals surface area (Å²) in [7, 11) is 0. The van der Waals surface area contributed by atoms with Crippen LogP contribution in [0, 0.1) is 0 Å². The second-order valence-electron chi connectivity index (χ2n) is 6.40. The highest BCUT2D eigenvalue weighted by Crippen LogP contribution is 2.32. The number of halogens is 2. The normalized spacial score (nSPS) is 16.5. The largest absolute Gasteiger partial charge is 0.478 e. The Morgan fingerprint density at radius 1 is 1.28 bits per heavy atom. The molecule has 0 saturated heterocycles. The summed E-state index contributed by atoms with van der Waals surface area (Å²) in [5, 5.41) is 10.5. The molecule has 0 fully saturated rings. The van der Waals surface area contributed by atoms with Gasteiger partial charge < -0.3 is 9.67 Å². The highest BCUT2D eigenvalue weighted by atomic mass is 35.5. The van der Waals surface area contributed by atoms with Crippen molar-refractivity contribution >= 4 is 29.2 Å². The highest BCUT2D eigenvalue weighted by Gasteiger charge is 2.27. The molecule has 1 aromatic carbocycles. The molecule has 0 aliphatic carbocycles. The lowest BCUT2D eigenvalue weighted by Crippen LogP contribution is -2.33. The number of fused-ring (bicyclic) bond motifs is 1. The number of carboxylic acids is 1. The van der Waals surface area contributed by atoms with Crippen molar-refractivity contribution in [1.82, 2.24) is 4.57 Å². The van der Waals surface area contributed by atoms with E-state index in [2.05, 4.69) is 0 Å². The molecule has 3 rings (SSSR count). The first-order valence-corrected chi connectivity index (χ1v) is 9.11. The van der Waals surface area contributed by atoms with Gasteiger partial charge in [-0.2, -0.15) is 0 Å². The third-order valence-electron chi connectivity index (χ3n) is 4.83. The number of benzene rings is 1. The van der Waals surface area contributed by atoms with Crippen LogP contribution in [-0.2, 0) is 13.0 Å². The van der Waals surface area contributed by atoms with Crippen molar-refractivity contribution < 1.29 is 9.90 Å². The predicted molar refractivity (Wildman–Crippen MR) is 99.2 cm³/mol. The number of hydrogen-bond donors (Lipinski definition) is 1. The fourth-order valence-electron chi connectivity index (χ4n) is 3.60. The molecule has 1 aromatic heterocycles. The van der Waals surface area contributed by atoms with Crippen molar-refractivity contribution in [2.75, 3.05) is 0 Å². The van der Waals surface area contributed by atoms with Gasteiger partial charge in [-0.25, -0.2) is 4.79 Å². The van der Waals surface area contributed by atoms with Crippen molar-refractivity contribution in [3.63, 3.8) is 0 Å². The molecular formula is C19H19Cl2NO3. The Hall–Kier alpha value is -1.78. The van der Waals surface area contributed by atoms with Crippen LogP contribution < -0.4 is 5.56 Å². The lowest BCUT2D eigenvalue weighted by molar-refractivity contribution is 0.0692. The second kappa shape index (κ2) is 7.22. The molecular weight excluding hydrogens is 361 g/mol. The summed E-state index contributed by atoms with van der Waals surface area (Å²) in [6, 6.07) is 6.73.